The summed E-state index contributed by atoms with van der Waals surface area (Å²) < 4.78 is 0. The normalized spacial score (nSPS) is 27.0. The summed E-state index contributed by atoms with van der Waals surface area (Å²) in [4.78, 5) is 30.3. The van der Waals surface area contributed by atoms with Gasteiger partial charge in [0.25, 0.3) is 0 Å². The van der Waals surface area contributed by atoms with E-state index in [1.54, 1.807) is 18.3 Å². The number of hydrogen-bond donors (Lipinski definition) is 1. The van der Waals surface area contributed by atoms with E-state index >= 15 is 0 Å². The number of carbonyl (C=O) groups is 2. The maximum atomic E-state index is 13.2. The third-order valence-corrected chi connectivity index (χ3v) is 6.29. The van der Waals surface area contributed by atoms with Crippen molar-refractivity contribution >= 4 is 23.2 Å². The molecule has 2 fully saturated rings. The number of piperazine rings is 1. The lowest BCUT2D eigenvalue weighted by Gasteiger charge is -2.43. The van der Waals surface area contributed by atoms with Crippen molar-refractivity contribution in [1.82, 2.24) is 15.1 Å². The van der Waals surface area contributed by atoms with E-state index in [-0.39, 0.29) is 29.9 Å². The van der Waals surface area contributed by atoms with Gasteiger partial charge in [0.15, 0.2) is 0 Å². The fraction of sp³-hybridized carbons (Fsp3) is 0.684. The van der Waals surface area contributed by atoms with Gasteiger partial charge in [0.1, 0.15) is 0 Å². The van der Waals surface area contributed by atoms with E-state index in [2.05, 4.69) is 42.4 Å². The molecule has 1 N–H and O–H groups in total. The van der Waals surface area contributed by atoms with E-state index in [4.69, 9.17) is 0 Å². The topological polar surface area (TPSA) is 52.7 Å². The summed E-state index contributed by atoms with van der Waals surface area (Å²) in [5, 5.41) is 5.12. The van der Waals surface area contributed by atoms with Crippen LogP contribution >= 0.6 is 11.3 Å². The minimum absolute atomic E-state index is 0.0120. The molecule has 6 heteroatoms. The molecular formula is C19H29N3O2S. The minimum Gasteiger partial charge on any atom is -0.352 e. The Hall–Kier alpha value is -1.40. The lowest BCUT2D eigenvalue weighted by molar-refractivity contribution is -0.145. The summed E-state index contributed by atoms with van der Waals surface area (Å²) in [6.07, 6.45) is 1.75. The van der Waals surface area contributed by atoms with E-state index in [0.29, 0.717) is 12.5 Å². The number of amides is 2. The van der Waals surface area contributed by atoms with Gasteiger partial charge in [-0.2, -0.15) is 0 Å². The number of rotatable bonds is 5. The van der Waals surface area contributed by atoms with Crippen molar-refractivity contribution in [2.45, 2.75) is 65.2 Å². The van der Waals surface area contributed by atoms with E-state index in [1.165, 1.54) is 10.4 Å². The summed E-state index contributed by atoms with van der Waals surface area (Å²) in [6, 6.07) is 2.41. The van der Waals surface area contributed by atoms with E-state index in [0.717, 1.165) is 25.9 Å². The minimum atomic E-state index is -0.0474. The molecule has 3 rings (SSSR count). The molecule has 0 bridgehead atoms. The van der Waals surface area contributed by atoms with Crippen molar-refractivity contribution in [2.75, 3.05) is 13.1 Å². The number of hydrogen-bond acceptors (Lipinski definition) is 4. The molecule has 0 saturated carbocycles. The van der Waals surface area contributed by atoms with Crippen LogP contribution in [0.3, 0.4) is 0 Å². The van der Waals surface area contributed by atoms with Crippen molar-refractivity contribution in [2.24, 2.45) is 5.92 Å². The van der Waals surface area contributed by atoms with Crippen LogP contribution < -0.4 is 5.32 Å². The third kappa shape index (κ3) is 4.06. The Bertz CT molecular complexity index is 642. The van der Waals surface area contributed by atoms with Crippen LogP contribution in [0.1, 0.15) is 44.1 Å². The molecule has 2 aliphatic rings. The fourth-order valence-corrected chi connectivity index (χ4v) is 5.05. The largest absolute Gasteiger partial charge is 0.352 e. The van der Waals surface area contributed by atoms with Crippen LogP contribution in [0.2, 0.25) is 0 Å². The highest BCUT2D eigenvalue weighted by Gasteiger charge is 2.45. The molecule has 3 atom stereocenters. The Morgan fingerprint density at radius 2 is 2.16 bits per heavy atom. The lowest BCUT2D eigenvalue weighted by atomic mass is 9.97. The number of nitrogens with one attached hydrogen (secondary N) is 1. The Kier molecular flexibility index (Phi) is 5.49. The van der Waals surface area contributed by atoms with Crippen LogP contribution in [0.5, 0.6) is 0 Å². The summed E-state index contributed by atoms with van der Waals surface area (Å²) >= 11 is 1.78. The van der Waals surface area contributed by atoms with Crippen molar-refractivity contribution in [3.05, 3.63) is 21.9 Å². The predicted octanol–water partition coefficient (Wildman–Crippen LogP) is 2.39. The zero-order valence-electron chi connectivity index (χ0n) is 15.6. The van der Waals surface area contributed by atoms with E-state index in [9.17, 15) is 9.59 Å². The first kappa shape index (κ1) is 18.4. The van der Waals surface area contributed by atoms with Crippen molar-refractivity contribution in [1.29, 1.82) is 0 Å². The number of aryl methyl sites for hydroxylation is 1. The van der Waals surface area contributed by atoms with Gasteiger partial charge in [-0.15, -0.1) is 11.3 Å². The van der Waals surface area contributed by atoms with Crippen LogP contribution in [0, 0.1) is 12.8 Å². The molecule has 0 radical (unpaired) electrons. The van der Waals surface area contributed by atoms with Crippen molar-refractivity contribution < 1.29 is 9.59 Å². The Morgan fingerprint density at radius 3 is 2.76 bits per heavy atom. The second kappa shape index (κ2) is 7.46. The number of fused-ring (bicyclic) bond motifs is 1. The SMILES string of the molecule is CC(=O)N[C@H]1C[C@H]2CN(Cc3sccc3C)[C@@H](CC(C)C)C(=O)N2C1. The molecule has 2 saturated heterocycles. The molecule has 0 spiro atoms. The molecule has 3 heterocycles. The van der Waals surface area contributed by atoms with E-state index < -0.39 is 0 Å². The highest BCUT2D eigenvalue weighted by Crippen LogP contribution is 2.31. The predicted molar refractivity (Wildman–Crippen MR) is 100 cm³/mol. The second-order valence-corrected chi connectivity index (χ2v) is 8.88. The van der Waals surface area contributed by atoms with Gasteiger partial charge in [-0.3, -0.25) is 14.5 Å². The van der Waals surface area contributed by atoms with Crippen LogP contribution in [-0.4, -0.2) is 52.8 Å². The zero-order chi connectivity index (χ0) is 18.1. The molecule has 0 aromatic carbocycles. The smallest absolute Gasteiger partial charge is 0.240 e. The average Bonchev–Trinajstić information content (AvgIpc) is 3.09. The number of carbonyl (C=O) groups excluding carboxylic acids is 2. The highest BCUT2D eigenvalue weighted by atomic mass is 32.1. The molecule has 0 unspecified atom stereocenters. The lowest BCUT2D eigenvalue weighted by Crippen LogP contribution is -2.59. The third-order valence-electron chi connectivity index (χ3n) is 5.29. The molecular weight excluding hydrogens is 334 g/mol. The quantitative estimate of drug-likeness (QED) is 0.874. The zero-order valence-corrected chi connectivity index (χ0v) is 16.4. The van der Waals surface area contributed by atoms with Gasteiger partial charge < -0.3 is 10.2 Å². The molecule has 138 valence electrons. The van der Waals surface area contributed by atoms with Gasteiger partial charge in [0, 0.05) is 43.5 Å². The van der Waals surface area contributed by atoms with Crippen LogP contribution in [0.25, 0.3) is 0 Å². The standard InChI is InChI=1S/C19H29N3O2S/c1-12(2)7-17-19(24)22-9-15(20-14(4)23)8-16(22)10-21(17)11-18-13(3)5-6-25-18/h5-6,12,15-17H,7-11H2,1-4H3,(H,20,23)/t15-,16-,17-/m0/s1. The first-order chi connectivity index (χ1) is 11.8. The molecule has 5 nitrogen and oxygen atoms in total. The monoisotopic (exact) mass is 363 g/mol. The van der Waals surface area contributed by atoms with Crippen LogP contribution in [0.4, 0.5) is 0 Å². The number of thiophene rings is 1. The summed E-state index contributed by atoms with van der Waals surface area (Å²) in [5.74, 6) is 0.709. The van der Waals surface area contributed by atoms with Gasteiger partial charge in [0.05, 0.1) is 6.04 Å². The highest BCUT2D eigenvalue weighted by molar-refractivity contribution is 7.10. The van der Waals surface area contributed by atoms with Crippen LogP contribution in [-0.2, 0) is 16.1 Å². The summed E-state index contributed by atoms with van der Waals surface area (Å²) in [7, 11) is 0. The molecule has 25 heavy (non-hydrogen) atoms. The molecule has 1 aromatic heterocycles. The van der Waals surface area contributed by atoms with Gasteiger partial charge >= 0.3 is 0 Å². The summed E-state index contributed by atoms with van der Waals surface area (Å²) in [5.41, 5.74) is 1.31. The van der Waals surface area contributed by atoms with Gasteiger partial charge in [-0.05, 0) is 42.7 Å². The first-order valence-corrected chi connectivity index (χ1v) is 10.1. The second-order valence-electron chi connectivity index (χ2n) is 7.88. The van der Waals surface area contributed by atoms with Crippen molar-refractivity contribution in [3.8, 4) is 0 Å². The average molecular weight is 364 g/mol. The summed E-state index contributed by atoms with van der Waals surface area (Å²) in [6.45, 7) is 10.5. The fourth-order valence-electron chi connectivity index (χ4n) is 4.12. The molecule has 2 aliphatic heterocycles. The van der Waals surface area contributed by atoms with Crippen LogP contribution in [0.15, 0.2) is 11.4 Å². The number of nitrogens with zero attached hydrogens (tertiary/aromatic N) is 2. The Balaban J connectivity index is 1.78. The van der Waals surface area contributed by atoms with Gasteiger partial charge in [-0.1, -0.05) is 13.8 Å². The molecule has 1 aromatic rings. The van der Waals surface area contributed by atoms with E-state index in [1.807, 2.05) is 4.90 Å². The Morgan fingerprint density at radius 1 is 1.40 bits per heavy atom. The van der Waals surface area contributed by atoms with Gasteiger partial charge in [0.2, 0.25) is 11.8 Å². The first-order valence-electron chi connectivity index (χ1n) is 9.19. The maximum Gasteiger partial charge on any atom is 0.240 e. The molecule has 2 amide bonds. The molecule has 0 aliphatic carbocycles. The van der Waals surface area contributed by atoms with Gasteiger partial charge in [-0.25, -0.2) is 0 Å². The van der Waals surface area contributed by atoms with Crippen molar-refractivity contribution in [3.63, 3.8) is 0 Å². The Labute approximate surface area is 154 Å². The maximum absolute atomic E-state index is 13.2.